The minimum atomic E-state index is -2.80. The van der Waals surface area contributed by atoms with Gasteiger partial charge in [0.25, 0.3) is 0 Å². The predicted octanol–water partition coefficient (Wildman–Crippen LogP) is 6.73. The Morgan fingerprint density at radius 2 is 1.68 bits per heavy atom. The van der Waals surface area contributed by atoms with Crippen molar-refractivity contribution in [1.29, 1.82) is 0 Å². The van der Waals surface area contributed by atoms with E-state index in [2.05, 4.69) is 53.8 Å². The number of ether oxygens (including phenoxy) is 1. The summed E-state index contributed by atoms with van der Waals surface area (Å²) in [6.07, 6.45) is 10.0. The molecule has 1 aliphatic carbocycles. The number of halogens is 2. The van der Waals surface area contributed by atoms with Crippen LogP contribution in [0.15, 0.2) is 60.7 Å². The standard InChI is InChI=1S/C25H26F2O/c1-2-19-7-13-22(14-8-19)23-15-9-20(10-16-23)5-3-4-6-21-11-17-24(18-12-21)28-25(26)27/h3,5,7-8,11-14,17-18,20,23,25H,2,9-10,15-16H2,1H3/b5-3+/t20-,23-. The number of rotatable bonds is 5. The van der Waals surface area contributed by atoms with Crippen LogP contribution in [0.1, 0.15) is 55.2 Å². The minimum absolute atomic E-state index is 0.150. The Labute approximate surface area is 166 Å². The van der Waals surface area contributed by atoms with Crippen LogP contribution in [0.25, 0.3) is 0 Å². The van der Waals surface area contributed by atoms with Crippen molar-refractivity contribution in [1.82, 2.24) is 0 Å². The second-order valence-corrected chi connectivity index (χ2v) is 7.24. The van der Waals surface area contributed by atoms with E-state index in [0.717, 1.165) is 12.0 Å². The first kappa shape index (κ1) is 20.1. The summed E-state index contributed by atoms with van der Waals surface area (Å²) in [5, 5.41) is 0. The zero-order valence-electron chi connectivity index (χ0n) is 16.2. The topological polar surface area (TPSA) is 9.23 Å². The molecule has 2 aromatic rings. The second-order valence-electron chi connectivity index (χ2n) is 7.24. The molecule has 0 amide bonds. The minimum Gasteiger partial charge on any atom is -0.435 e. The van der Waals surface area contributed by atoms with Crippen molar-refractivity contribution in [3.8, 4) is 17.6 Å². The van der Waals surface area contributed by atoms with E-state index >= 15 is 0 Å². The van der Waals surface area contributed by atoms with Crippen LogP contribution in [0.5, 0.6) is 5.75 Å². The van der Waals surface area contributed by atoms with Crippen molar-refractivity contribution in [2.75, 3.05) is 0 Å². The maximum atomic E-state index is 12.1. The molecule has 0 N–H and O–H groups in total. The normalized spacial score (nSPS) is 19.4. The molecule has 2 aromatic carbocycles. The van der Waals surface area contributed by atoms with E-state index < -0.39 is 6.61 Å². The summed E-state index contributed by atoms with van der Waals surface area (Å²) in [7, 11) is 0. The summed E-state index contributed by atoms with van der Waals surface area (Å²) in [5.41, 5.74) is 3.65. The van der Waals surface area contributed by atoms with E-state index in [9.17, 15) is 8.78 Å². The van der Waals surface area contributed by atoms with Crippen molar-refractivity contribution >= 4 is 0 Å². The van der Waals surface area contributed by atoms with Crippen molar-refractivity contribution in [3.05, 3.63) is 77.4 Å². The molecule has 0 aromatic heterocycles. The van der Waals surface area contributed by atoms with E-state index in [1.807, 2.05) is 6.08 Å². The molecule has 1 fully saturated rings. The molecule has 0 unspecified atom stereocenters. The van der Waals surface area contributed by atoms with Crippen LogP contribution < -0.4 is 4.74 Å². The highest BCUT2D eigenvalue weighted by molar-refractivity contribution is 5.40. The quantitative estimate of drug-likeness (QED) is 0.522. The molecule has 1 nitrogen and oxygen atoms in total. The lowest BCUT2D eigenvalue weighted by molar-refractivity contribution is -0.0498. The predicted molar refractivity (Wildman–Crippen MR) is 110 cm³/mol. The third-order valence-corrected chi connectivity index (χ3v) is 5.38. The first-order valence-electron chi connectivity index (χ1n) is 9.96. The van der Waals surface area contributed by atoms with Gasteiger partial charge in [-0.25, -0.2) is 0 Å². The number of hydrogen-bond donors (Lipinski definition) is 0. The van der Waals surface area contributed by atoms with E-state index in [1.54, 1.807) is 12.1 Å². The molecule has 0 radical (unpaired) electrons. The molecule has 1 saturated carbocycles. The van der Waals surface area contributed by atoms with Crippen LogP contribution in [-0.4, -0.2) is 6.61 Å². The number of aryl methyl sites for hydroxylation is 1. The van der Waals surface area contributed by atoms with E-state index in [4.69, 9.17) is 0 Å². The second kappa shape index (κ2) is 10.1. The van der Waals surface area contributed by atoms with Crippen LogP contribution in [0, 0.1) is 17.8 Å². The fourth-order valence-electron chi connectivity index (χ4n) is 3.70. The molecule has 0 bridgehead atoms. The van der Waals surface area contributed by atoms with Gasteiger partial charge in [-0.15, -0.1) is 0 Å². The average Bonchev–Trinajstić information content (AvgIpc) is 2.72. The Balaban J connectivity index is 1.47. The van der Waals surface area contributed by atoms with Crippen molar-refractivity contribution in [3.63, 3.8) is 0 Å². The lowest BCUT2D eigenvalue weighted by Gasteiger charge is -2.27. The van der Waals surface area contributed by atoms with Gasteiger partial charge in [0.05, 0.1) is 0 Å². The highest BCUT2D eigenvalue weighted by atomic mass is 19.3. The molecule has 0 heterocycles. The van der Waals surface area contributed by atoms with Crippen LogP contribution in [-0.2, 0) is 6.42 Å². The molecular formula is C25H26F2O. The fourth-order valence-corrected chi connectivity index (χ4v) is 3.70. The molecule has 3 rings (SSSR count). The van der Waals surface area contributed by atoms with Crippen LogP contribution in [0.3, 0.4) is 0 Å². The zero-order valence-corrected chi connectivity index (χ0v) is 16.2. The molecule has 0 saturated heterocycles. The van der Waals surface area contributed by atoms with Gasteiger partial charge in [-0.2, -0.15) is 8.78 Å². The molecule has 3 heteroatoms. The highest BCUT2D eigenvalue weighted by Gasteiger charge is 2.20. The zero-order chi connectivity index (χ0) is 19.8. The van der Waals surface area contributed by atoms with Crippen molar-refractivity contribution < 1.29 is 13.5 Å². The lowest BCUT2D eigenvalue weighted by Crippen LogP contribution is -2.11. The Morgan fingerprint density at radius 3 is 2.29 bits per heavy atom. The van der Waals surface area contributed by atoms with Gasteiger partial charge >= 0.3 is 6.61 Å². The maximum Gasteiger partial charge on any atom is 0.387 e. The molecule has 0 atom stereocenters. The van der Waals surface area contributed by atoms with Crippen molar-refractivity contribution in [2.24, 2.45) is 5.92 Å². The van der Waals surface area contributed by atoms with E-state index in [-0.39, 0.29) is 5.75 Å². The van der Waals surface area contributed by atoms with E-state index in [0.29, 0.717) is 11.8 Å². The SMILES string of the molecule is CCc1ccc([C@H]2CC[C@H](/C=C/C#Cc3ccc(OC(F)F)cc3)CC2)cc1. The van der Waals surface area contributed by atoms with Gasteiger partial charge in [-0.3, -0.25) is 0 Å². The number of allylic oxidation sites excluding steroid dienone is 2. The number of benzene rings is 2. The van der Waals surface area contributed by atoms with Gasteiger partial charge in [-0.1, -0.05) is 49.1 Å². The molecule has 0 aliphatic heterocycles. The van der Waals surface area contributed by atoms with Crippen molar-refractivity contribution in [2.45, 2.75) is 51.6 Å². The third-order valence-electron chi connectivity index (χ3n) is 5.38. The Bertz CT molecular complexity index is 818. The summed E-state index contributed by atoms with van der Waals surface area (Å²) in [5.74, 6) is 7.49. The lowest BCUT2D eigenvalue weighted by atomic mass is 9.78. The van der Waals surface area contributed by atoms with Crippen LogP contribution in [0.4, 0.5) is 8.78 Å². The molecule has 146 valence electrons. The third kappa shape index (κ3) is 5.96. The van der Waals surface area contributed by atoms with Gasteiger partial charge < -0.3 is 4.74 Å². The summed E-state index contributed by atoms with van der Waals surface area (Å²) in [6.45, 7) is -0.613. The summed E-state index contributed by atoms with van der Waals surface area (Å²) >= 11 is 0. The van der Waals surface area contributed by atoms with E-state index in [1.165, 1.54) is 48.9 Å². The summed E-state index contributed by atoms with van der Waals surface area (Å²) in [6, 6.07) is 15.5. The van der Waals surface area contributed by atoms with Gasteiger partial charge in [0.1, 0.15) is 5.75 Å². The maximum absolute atomic E-state index is 12.1. The summed E-state index contributed by atoms with van der Waals surface area (Å²) in [4.78, 5) is 0. The first-order valence-corrected chi connectivity index (χ1v) is 9.96. The van der Waals surface area contributed by atoms with Crippen LogP contribution in [0.2, 0.25) is 0 Å². The monoisotopic (exact) mass is 380 g/mol. The molecule has 28 heavy (non-hydrogen) atoms. The Morgan fingerprint density at radius 1 is 1.00 bits per heavy atom. The van der Waals surface area contributed by atoms with Gasteiger partial charge in [-0.05, 0) is 85.4 Å². The number of alkyl halides is 2. The fraction of sp³-hybridized carbons (Fsp3) is 0.360. The molecule has 1 aliphatic rings. The largest absolute Gasteiger partial charge is 0.435 e. The van der Waals surface area contributed by atoms with Crippen LogP contribution >= 0.6 is 0 Å². The summed E-state index contributed by atoms with van der Waals surface area (Å²) < 4.78 is 28.6. The molecule has 0 spiro atoms. The highest BCUT2D eigenvalue weighted by Crippen LogP contribution is 2.36. The van der Waals surface area contributed by atoms with Gasteiger partial charge in [0, 0.05) is 5.56 Å². The average molecular weight is 380 g/mol. The van der Waals surface area contributed by atoms with Gasteiger partial charge in [0.2, 0.25) is 0 Å². The Hall–Kier alpha value is -2.60. The van der Waals surface area contributed by atoms with Gasteiger partial charge in [0.15, 0.2) is 0 Å². The number of hydrogen-bond acceptors (Lipinski definition) is 1. The Kier molecular flexibility index (Phi) is 7.25. The molecular weight excluding hydrogens is 354 g/mol. The first-order chi connectivity index (χ1) is 13.6. The smallest absolute Gasteiger partial charge is 0.387 e.